The summed E-state index contributed by atoms with van der Waals surface area (Å²) in [5.41, 5.74) is 3.66. The molecule has 2 aliphatic carbocycles. The Morgan fingerprint density at radius 1 is 1.22 bits per heavy atom. The first kappa shape index (κ1) is 23.5. The van der Waals surface area contributed by atoms with Crippen molar-refractivity contribution in [1.29, 1.82) is 0 Å². The van der Waals surface area contributed by atoms with Crippen LogP contribution >= 0.6 is 11.6 Å². The largest absolute Gasteiger partial charge is 0.458 e. The van der Waals surface area contributed by atoms with Crippen LogP contribution in [0.1, 0.15) is 71.8 Å². The molecule has 2 bridgehead atoms. The highest BCUT2D eigenvalue weighted by atomic mass is 35.5. The lowest BCUT2D eigenvalue weighted by Crippen LogP contribution is -2.36. The average molecular weight is 461 g/mol. The lowest BCUT2D eigenvalue weighted by atomic mass is 9.58. The van der Waals surface area contributed by atoms with Crippen LogP contribution in [0.5, 0.6) is 0 Å². The number of hydrogen-bond donors (Lipinski definition) is 1. The maximum atomic E-state index is 14.0. The van der Waals surface area contributed by atoms with Gasteiger partial charge >= 0.3 is 5.97 Å². The van der Waals surface area contributed by atoms with Gasteiger partial charge in [-0.15, -0.1) is 0 Å². The number of ether oxygens (including phenoxy) is 1. The first-order valence-corrected chi connectivity index (χ1v) is 12.2. The molecule has 1 saturated heterocycles. The summed E-state index contributed by atoms with van der Waals surface area (Å²) in [5.74, 6) is 0.189. The van der Waals surface area contributed by atoms with E-state index < -0.39 is 18.0 Å². The van der Waals surface area contributed by atoms with Gasteiger partial charge < -0.3 is 9.84 Å². The van der Waals surface area contributed by atoms with Gasteiger partial charge in [-0.3, -0.25) is 4.79 Å². The van der Waals surface area contributed by atoms with Crippen molar-refractivity contribution in [2.45, 2.75) is 78.4 Å². The quantitative estimate of drug-likeness (QED) is 0.495. The van der Waals surface area contributed by atoms with E-state index in [0.717, 1.165) is 31.2 Å². The molecule has 2 fully saturated rings. The third kappa shape index (κ3) is 4.05. The van der Waals surface area contributed by atoms with E-state index in [2.05, 4.69) is 33.8 Å². The maximum absolute atomic E-state index is 14.0. The molecule has 1 aromatic rings. The Morgan fingerprint density at radius 2 is 1.97 bits per heavy atom. The number of aliphatic hydroxyl groups excluding tert-OH is 1. The van der Waals surface area contributed by atoms with Gasteiger partial charge in [0.1, 0.15) is 11.9 Å². The summed E-state index contributed by atoms with van der Waals surface area (Å²) in [6.45, 7) is 9.20. The fourth-order valence-electron chi connectivity index (χ4n) is 6.24. The SMILES string of the molecule is CC(C)C12CCC(C(C)C)(C1)C(/C=C/[C@H]1C[C@H](O)CC(=O)O1)=C(c1ccc(F)c(Cl)c1)C2. The maximum Gasteiger partial charge on any atom is 0.309 e. The van der Waals surface area contributed by atoms with Gasteiger partial charge in [0.05, 0.1) is 17.5 Å². The van der Waals surface area contributed by atoms with Gasteiger partial charge in [-0.2, -0.15) is 0 Å². The number of carbonyl (C=O) groups is 1. The van der Waals surface area contributed by atoms with E-state index in [9.17, 15) is 14.3 Å². The number of esters is 1. The fraction of sp³-hybridized carbons (Fsp3) is 0.593. The number of rotatable bonds is 5. The predicted octanol–water partition coefficient (Wildman–Crippen LogP) is 6.73. The summed E-state index contributed by atoms with van der Waals surface area (Å²) in [4.78, 5) is 11.8. The van der Waals surface area contributed by atoms with Crippen molar-refractivity contribution >= 4 is 23.1 Å². The lowest BCUT2D eigenvalue weighted by molar-refractivity contribution is -0.156. The van der Waals surface area contributed by atoms with Crippen molar-refractivity contribution in [3.05, 3.63) is 52.3 Å². The van der Waals surface area contributed by atoms with E-state index >= 15 is 0 Å². The standard InChI is InChI=1S/C27H34ClFO3/c1-16(2)26-9-10-27(15-26,17(3)4)22(7-6-20-12-19(30)13-25(31)32-20)21(14-26)18-5-8-24(29)23(28)11-18/h5-8,11,16-17,19-20,30H,9-10,12-15H2,1-4H3/b7-6+/t19-,20-,26?,27?/m0/s1. The number of fused-ring (bicyclic) bond motifs is 2. The molecule has 1 heterocycles. The molecule has 0 radical (unpaired) electrons. The second-order valence-corrected chi connectivity index (χ2v) is 11.1. The molecule has 1 aliphatic heterocycles. The van der Waals surface area contributed by atoms with E-state index in [0.29, 0.717) is 18.3 Å². The Morgan fingerprint density at radius 3 is 2.59 bits per heavy atom. The van der Waals surface area contributed by atoms with Crippen LogP contribution in [0.3, 0.4) is 0 Å². The van der Waals surface area contributed by atoms with E-state index in [1.165, 1.54) is 17.2 Å². The number of carbonyl (C=O) groups excluding carboxylic acids is 1. The normalized spacial score (nSPS) is 33.0. The van der Waals surface area contributed by atoms with E-state index in [-0.39, 0.29) is 28.2 Å². The molecule has 4 rings (SSSR count). The summed E-state index contributed by atoms with van der Waals surface area (Å²) in [7, 11) is 0. The van der Waals surface area contributed by atoms with E-state index in [1.54, 1.807) is 6.07 Å². The van der Waals surface area contributed by atoms with Crippen LogP contribution < -0.4 is 0 Å². The molecule has 1 saturated carbocycles. The fourth-order valence-corrected chi connectivity index (χ4v) is 6.43. The first-order valence-electron chi connectivity index (χ1n) is 11.8. The minimum atomic E-state index is -0.666. The summed E-state index contributed by atoms with van der Waals surface area (Å²) in [6.07, 6.45) is 7.75. The Labute approximate surface area is 195 Å². The minimum absolute atomic E-state index is 0.00646. The zero-order valence-corrected chi connectivity index (χ0v) is 20.2. The number of aliphatic hydroxyl groups is 1. The molecular weight excluding hydrogens is 427 g/mol. The molecule has 32 heavy (non-hydrogen) atoms. The van der Waals surface area contributed by atoms with Gasteiger partial charge in [0.25, 0.3) is 0 Å². The summed E-state index contributed by atoms with van der Waals surface area (Å²) in [6, 6.07) is 5.03. The highest BCUT2D eigenvalue weighted by Crippen LogP contribution is 2.67. The van der Waals surface area contributed by atoms with Gasteiger partial charge in [-0.1, -0.05) is 51.4 Å². The molecular formula is C27H34ClFO3. The zero-order chi connectivity index (χ0) is 23.3. The number of hydrogen-bond acceptors (Lipinski definition) is 3. The second kappa shape index (κ2) is 8.61. The van der Waals surface area contributed by atoms with Crippen LogP contribution in [0.4, 0.5) is 4.39 Å². The highest BCUT2D eigenvalue weighted by molar-refractivity contribution is 6.30. The van der Waals surface area contributed by atoms with Crippen LogP contribution in [0, 0.1) is 28.5 Å². The van der Waals surface area contributed by atoms with Crippen LogP contribution in [-0.4, -0.2) is 23.3 Å². The Bertz CT molecular complexity index is 966. The first-order chi connectivity index (χ1) is 15.1. The molecule has 3 aliphatic rings. The topological polar surface area (TPSA) is 46.5 Å². The number of benzene rings is 1. The van der Waals surface area contributed by atoms with Gasteiger partial charge in [-0.05, 0) is 83.3 Å². The zero-order valence-electron chi connectivity index (χ0n) is 19.5. The lowest BCUT2D eigenvalue weighted by Gasteiger charge is -2.46. The van der Waals surface area contributed by atoms with Crippen LogP contribution in [0.25, 0.3) is 5.57 Å². The minimum Gasteiger partial charge on any atom is -0.458 e. The molecule has 174 valence electrons. The van der Waals surface area contributed by atoms with E-state index in [4.69, 9.17) is 16.3 Å². The van der Waals surface area contributed by atoms with E-state index in [1.807, 2.05) is 12.1 Å². The third-order valence-electron chi connectivity index (χ3n) is 8.39. The Hall–Kier alpha value is -1.65. The van der Waals surface area contributed by atoms with Crippen molar-refractivity contribution < 1.29 is 19.0 Å². The second-order valence-electron chi connectivity index (χ2n) is 10.7. The number of allylic oxidation sites excluding steroid dienone is 3. The molecule has 2 unspecified atom stereocenters. The Balaban J connectivity index is 1.85. The van der Waals surface area contributed by atoms with Crippen molar-refractivity contribution in [3.63, 3.8) is 0 Å². The highest BCUT2D eigenvalue weighted by Gasteiger charge is 2.56. The number of halogens is 2. The van der Waals surface area contributed by atoms with Gasteiger partial charge in [-0.25, -0.2) is 4.39 Å². The summed E-state index contributed by atoms with van der Waals surface area (Å²) >= 11 is 6.19. The predicted molar refractivity (Wildman–Crippen MR) is 126 cm³/mol. The third-order valence-corrected chi connectivity index (χ3v) is 8.68. The van der Waals surface area contributed by atoms with Crippen LogP contribution in [0.15, 0.2) is 35.9 Å². The molecule has 1 N–H and O–H groups in total. The molecule has 0 aromatic heterocycles. The molecule has 3 nitrogen and oxygen atoms in total. The Kier molecular flexibility index (Phi) is 6.32. The molecule has 0 spiro atoms. The molecule has 4 atom stereocenters. The molecule has 1 aromatic carbocycles. The van der Waals surface area contributed by atoms with Crippen molar-refractivity contribution in [1.82, 2.24) is 0 Å². The monoisotopic (exact) mass is 460 g/mol. The molecule has 5 heteroatoms. The average Bonchev–Trinajstić information content (AvgIpc) is 3.05. The van der Waals surface area contributed by atoms with Crippen LogP contribution in [0.2, 0.25) is 5.02 Å². The summed E-state index contributed by atoms with van der Waals surface area (Å²) < 4.78 is 19.4. The van der Waals surface area contributed by atoms with Gasteiger partial charge in [0.2, 0.25) is 0 Å². The number of cyclic esters (lactones) is 1. The van der Waals surface area contributed by atoms with Crippen molar-refractivity contribution in [2.24, 2.45) is 22.7 Å². The van der Waals surface area contributed by atoms with Gasteiger partial charge in [0, 0.05) is 6.42 Å². The summed E-state index contributed by atoms with van der Waals surface area (Å²) in [5, 5.41) is 10.2. The van der Waals surface area contributed by atoms with Crippen molar-refractivity contribution in [3.8, 4) is 0 Å². The van der Waals surface area contributed by atoms with Crippen molar-refractivity contribution in [2.75, 3.05) is 0 Å². The van der Waals surface area contributed by atoms with Gasteiger partial charge in [0.15, 0.2) is 0 Å². The van der Waals surface area contributed by atoms with Crippen LogP contribution in [-0.2, 0) is 9.53 Å². The smallest absolute Gasteiger partial charge is 0.309 e. The molecule has 0 amide bonds.